The van der Waals surface area contributed by atoms with Gasteiger partial charge in [0.05, 0.1) is 10.1 Å². The van der Waals surface area contributed by atoms with E-state index in [0.29, 0.717) is 16.9 Å². The quantitative estimate of drug-likeness (QED) is 0.472. The maximum Gasteiger partial charge on any atom is 0.257 e. The summed E-state index contributed by atoms with van der Waals surface area (Å²) in [6.07, 6.45) is 1.02. The van der Waals surface area contributed by atoms with Gasteiger partial charge in [0.25, 0.3) is 5.89 Å². The van der Waals surface area contributed by atoms with Crippen LogP contribution in [0.1, 0.15) is 30.6 Å². The fourth-order valence-corrected chi connectivity index (χ4v) is 3.83. The fourth-order valence-electron chi connectivity index (χ4n) is 2.43. The maximum absolute atomic E-state index is 5.78. The molecule has 0 bridgehead atoms. The van der Waals surface area contributed by atoms with Crippen LogP contribution in [0.2, 0.25) is 0 Å². The second-order valence-corrected chi connectivity index (χ2v) is 7.96. The summed E-state index contributed by atoms with van der Waals surface area (Å²) in [4.78, 5) is 5.54. The van der Waals surface area contributed by atoms with Crippen LogP contribution in [0.25, 0.3) is 22.2 Å². The first kappa shape index (κ1) is 17.0. The minimum atomic E-state index is -0.0395. The molecule has 1 atom stereocenters. The van der Waals surface area contributed by atoms with E-state index in [-0.39, 0.29) is 5.25 Å². The third-order valence-corrected chi connectivity index (χ3v) is 5.71. The topological polar surface area (TPSA) is 80.5 Å². The molecule has 132 valence electrons. The summed E-state index contributed by atoms with van der Waals surface area (Å²) < 4.78 is 5.78. The molecule has 0 aliphatic heterocycles. The van der Waals surface area contributed by atoms with Crippen molar-refractivity contribution in [2.75, 3.05) is 0 Å². The van der Waals surface area contributed by atoms with Crippen molar-refractivity contribution < 1.29 is 4.42 Å². The number of aryl methyl sites for hydroxylation is 1. The van der Waals surface area contributed by atoms with Gasteiger partial charge in [-0.15, -0.1) is 26.6 Å². The number of hydrogen-bond acceptors (Lipinski definition) is 7. The lowest BCUT2D eigenvalue weighted by molar-refractivity contribution is 0.510. The molecule has 0 saturated heterocycles. The highest BCUT2D eigenvalue weighted by atomic mass is 32.2. The number of thioether (sulfide) groups is 1. The fraction of sp³-hybridized carbons (Fsp3) is 0.222. The van der Waals surface area contributed by atoms with Gasteiger partial charge in [-0.2, -0.15) is 0 Å². The number of aromatic amines is 1. The highest BCUT2D eigenvalue weighted by Crippen LogP contribution is 2.34. The Labute approximate surface area is 159 Å². The van der Waals surface area contributed by atoms with Crippen molar-refractivity contribution in [2.45, 2.75) is 30.7 Å². The van der Waals surface area contributed by atoms with Crippen molar-refractivity contribution in [1.82, 2.24) is 25.4 Å². The van der Waals surface area contributed by atoms with Gasteiger partial charge in [-0.05, 0) is 30.4 Å². The van der Waals surface area contributed by atoms with E-state index in [0.717, 1.165) is 22.7 Å². The lowest BCUT2D eigenvalue weighted by Crippen LogP contribution is -1.89. The van der Waals surface area contributed by atoms with E-state index >= 15 is 0 Å². The van der Waals surface area contributed by atoms with Crippen molar-refractivity contribution in [3.8, 4) is 22.2 Å². The molecule has 4 aromatic rings. The summed E-state index contributed by atoms with van der Waals surface area (Å²) in [5.74, 6) is 1.87. The molecule has 26 heavy (non-hydrogen) atoms. The van der Waals surface area contributed by atoms with Crippen LogP contribution in [0, 0.1) is 0 Å². The van der Waals surface area contributed by atoms with Gasteiger partial charge < -0.3 is 4.42 Å². The Morgan fingerprint density at radius 1 is 1.19 bits per heavy atom. The normalized spacial score (nSPS) is 12.4. The van der Waals surface area contributed by atoms with Gasteiger partial charge in [0, 0.05) is 5.56 Å². The maximum atomic E-state index is 5.78. The van der Waals surface area contributed by atoms with Gasteiger partial charge in [0.1, 0.15) is 0 Å². The van der Waals surface area contributed by atoms with Crippen molar-refractivity contribution in [2.24, 2.45) is 0 Å². The first-order chi connectivity index (χ1) is 12.7. The molecule has 6 nitrogen and oxygen atoms in total. The van der Waals surface area contributed by atoms with E-state index in [9.17, 15) is 0 Å². The summed E-state index contributed by atoms with van der Waals surface area (Å²) in [6, 6.07) is 12.3. The van der Waals surface area contributed by atoms with E-state index in [2.05, 4.69) is 56.6 Å². The van der Waals surface area contributed by atoms with Crippen LogP contribution in [-0.2, 0) is 6.42 Å². The number of nitrogens with zero attached hydrogens (tertiary/aromatic N) is 4. The predicted molar refractivity (Wildman–Crippen MR) is 103 cm³/mol. The lowest BCUT2D eigenvalue weighted by Gasteiger charge is -2.02. The smallest absolute Gasteiger partial charge is 0.257 e. The third kappa shape index (κ3) is 3.56. The molecule has 0 fully saturated rings. The van der Waals surface area contributed by atoms with Crippen LogP contribution < -0.4 is 0 Å². The van der Waals surface area contributed by atoms with Crippen molar-refractivity contribution in [3.63, 3.8) is 0 Å². The Kier molecular flexibility index (Phi) is 4.85. The monoisotopic (exact) mass is 383 g/mol. The van der Waals surface area contributed by atoms with Crippen LogP contribution in [0.15, 0.2) is 51.4 Å². The van der Waals surface area contributed by atoms with E-state index in [1.165, 1.54) is 17.3 Å². The average molecular weight is 384 g/mol. The van der Waals surface area contributed by atoms with Gasteiger partial charge in [-0.3, -0.25) is 5.10 Å². The molecular formula is C18H17N5OS2. The van der Waals surface area contributed by atoms with E-state index in [1.54, 1.807) is 11.3 Å². The molecule has 0 unspecified atom stereocenters. The molecule has 1 N–H and O–H groups in total. The number of nitrogens with one attached hydrogen (secondary N) is 1. The summed E-state index contributed by atoms with van der Waals surface area (Å²) in [6.45, 7) is 4.14. The molecule has 8 heteroatoms. The SMILES string of the molecule is CCc1ccc(-c2nc(S[C@@H](C)c3nnc(-c4cccs4)o3)n[nH]2)cc1. The van der Waals surface area contributed by atoms with Gasteiger partial charge in [-0.1, -0.05) is 49.0 Å². The molecule has 3 aromatic heterocycles. The molecule has 0 radical (unpaired) electrons. The second kappa shape index (κ2) is 7.43. The summed E-state index contributed by atoms with van der Waals surface area (Å²) in [5, 5.41) is 18.2. The van der Waals surface area contributed by atoms with Crippen molar-refractivity contribution in [3.05, 3.63) is 53.2 Å². The minimum Gasteiger partial charge on any atom is -0.419 e. The number of thiophene rings is 1. The summed E-state index contributed by atoms with van der Waals surface area (Å²) in [5.41, 5.74) is 2.32. The van der Waals surface area contributed by atoms with Crippen molar-refractivity contribution in [1.29, 1.82) is 0 Å². The van der Waals surface area contributed by atoms with Crippen LogP contribution in [0.3, 0.4) is 0 Å². The Hall–Kier alpha value is -2.45. The third-order valence-electron chi connectivity index (χ3n) is 3.90. The minimum absolute atomic E-state index is 0.0395. The highest BCUT2D eigenvalue weighted by molar-refractivity contribution is 7.99. The van der Waals surface area contributed by atoms with Gasteiger partial charge in [0.2, 0.25) is 11.0 Å². The van der Waals surface area contributed by atoms with Crippen LogP contribution in [-0.4, -0.2) is 25.4 Å². The first-order valence-corrected chi connectivity index (χ1v) is 10.0. The molecule has 0 aliphatic rings. The summed E-state index contributed by atoms with van der Waals surface area (Å²) in [7, 11) is 0. The molecule has 3 heterocycles. The Morgan fingerprint density at radius 2 is 2.04 bits per heavy atom. The molecule has 0 spiro atoms. The van der Waals surface area contributed by atoms with Crippen LogP contribution >= 0.6 is 23.1 Å². The van der Waals surface area contributed by atoms with E-state index in [4.69, 9.17) is 4.42 Å². The largest absolute Gasteiger partial charge is 0.419 e. The van der Waals surface area contributed by atoms with Crippen LogP contribution in [0.4, 0.5) is 0 Å². The van der Waals surface area contributed by atoms with E-state index in [1.807, 2.05) is 24.4 Å². The Bertz CT molecular complexity index is 975. The zero-order valence-corrected chi connectivity index (χ0v) is 16.0. The zero-order chi connectivity index (χ0) is 17.9. The number of rotatable bonds is 6. The predicted octanol–water partition coefficient (Wildman–Crippen LogP) is 5.00. The molecule has 0 amide bonds. The Morgan fingerprint density at radius 3 is 2.77 bits per heavy atom. The average Bonchev–Trinajstić information content (AvgIpc) is 3.41. The summed E-state index contributed by atoms with van der Waals surface area (Å²) >= 11 is 3.06. The van der Waals surface area contributed by atoms with Gasteiger partial charge >= 0.3 is 0 Å². The number of aromatic nitrogens is 5. The highest BCUT2D eigenvalue weighted by Gasteiger charge is 2.19. The Balaban J connectivity index is 1.46. The molecule has 0 saturated carbocycles. The first-order valence-electron chi connectivity index (χ1n) is 8.28. The lowest BCUT2D eigenvalue weighted by atomic mass is 10.1. The van der Waals surface area contributed by atoms with Gasteiger partial charge in [-0.25, -0.2) is 4.98 Å². The molecule has 1 aromatic carbocycles. The van der Waals surface area contributed by atoms with Gasteiger partial charge in [0.15, 0.2) is 5.82 Å². The number of hydrogen-bond donors (Lipinski definition) is 1. The molecule has 4 rings (SSSR count). The standard InChI is InChI=1S/C18H17N5OS2/c1-3-12-6-8-13(9-7-12)15-19-18(23-20-15)26-11(2)16-21-22-17(24-16)14-5-4-10-25-14/h4-11H,3H2,1-2H3,(H,19,20,23)/t11-/m0/s1. The number of H-pyrrole nitrogens is 1. The zero-order valence-electron chi connectivity index (χ0n) is 14.3. The molecule has 0 aliphatic carbocycles. The molecular weight excluding hydrogens is 366 g/mol. The van der Waals surface area contributed by atoms with Crippen LogP contribution in [0.5, 0.6) is 0 Å². The van der Waals surface area contributed by atoms with Crippen molar-refractivity contribution >= 4 is 23.1 Å². The second-order valence-electron chi connectivity index (χ2n) is 5.70. The van der Waals surface area contributed by atoms with E-state index < -0.39 is 0 Å². The number of benzene rings is 1.